The van der Waals surface area contributed by atoms with Gasteiger partial charge in [0.2, 0.25) is 11.1 Å². The van der Waals surface area contributed by atoms with E-state index in [1.807, 2.05) is 0 Å². The molecule has 0 aromatic carbocycles. The van der Waals surface area contributed by atoms with Crippen LogP contribution in [0.4, 0.5) is 13.2 Å². The smallest absolute Gasteiger partial charge is 0.383 e. The molecule has 0 fully saturated rings. The van der Waals surface area contributed by atoms with Gasteiger partial charge in [-0.2, -0.15) is 13.2 Å². The van der Waals surface area contributed by atoms with Crippen LogP contribution < -0.4 is 11.2 Å². The highest BCUT2D eigenvalue weighted by molar-refractivity contribution is 7.99. The summed E-state index contributed by atoms with van der Waals surface area (Å²) in [6.07, 6.45) is -4.68. The number of thioether (sulfide) groups is 1. The van der Waals surface area contributed by atoms with Gasteiger partial charge in [0.15, 0.2) is 0 Å². The first-order chi connectivity index (χ1) is 9.25. The molecule has 0 spiro atoms. The minimum absolute atomic E-state index is 0.124. The van der Waals surface area contributed by atoms with E-state index in [0.29, 0.717) is 11.3 Å². The number of nitrogen functional groups attached to an aromatic ring is 1. The number of methoxy groups -OCH3 is 1. The molecular formula is C9H14F3N5O2S. The summed E-state index contributed by atoms with van der Waals surface area (Å²) in [6, 6.07) is -0.199. The molecule has 1 atom stereocenters. The lowest BCUT2D eigenvalue weighted by Gasteiger charge is -2.12. The topological polar surface area (TPSA) is 95.1 Å². The van der Waals surface area contributed by atoms with Gasteiger partial charge in [-0.25, -0.2) is 4.68 Å². The van der Waals surface area contributed by atoms with Crippen molar-refractivity contribution in [3.8, 4) is 0 Å². The van der Waals surface area contributed by atoms with Gasteiger partial charge in [-0.1, -0.05) is 11.8 Å². The van der Waals surface area contributed by atoms with Gasteiger partial charge < -0.3 is 15.9 Å². The van der Waals surface area contributed by atoms with Crippen molar-refractivity contribution in [2.45, 2.75) is 24.3 Å². The second-order valence-corrected chi connectivity index (χ2v) is 4.83. The number of hydrogen-bond acceptors (Lipinski definition) is 6. The zero-order valence-electron chi connectivity index (χ0n) is 10.8. The fourth-order valence-corrected chi connectivity index (χ4v) is 1.97. The Bertz CT molecular complexity index is 465. The molecule has 0 saturated carbocycles. The van der Waals surface area contributed by atoms with Crippen molar-refractivity contribution in [1.82, 2.24) is 20.2 Å². The molecule has 0 aliphatic carbocycles. The molecular weight excluding hydrogens is 299 g/mol. The molecule has 7 nitrogen and oxygen atoms in total. The van der Waals surface area contributed by atoms with E-state index in [0.717, 1.165) is 11.8 Å². The Morgan fingerprint density at radius 3 is 2.70 bits per heavy atom. The van der Waals surface area contributed by atoms with Gasteiger partial charge in [-0.3, -0.25) is 4.79 Å². The van der Waals surface area contributed by atoms with Gasteiger partial charge in [-0.05, 0) is 6.92 Å². The molecule has 1 heterocycles. The van der Waals surface area contributed by atoms with E-state index < -0.39 is 12.0 Å². The monoisotopic (exact) mass is 313 g/mol. The van der Waals surface area contributed by atoms with Crippen molar-refractivity contribution in [3.63, 3.8) is 0 Å². The van der Waals surface area contributed by atoms with Crippen LogP contribution in [0.5, 0.6) is 0 Å². The van der Waals surface area contributed by atoms with E-state index in [1.54, 1.807) is 6.92 Å². The second-order valence-electron chi connectivity index (χ2n) is 3.89. The summed E-state index contributed by atoms with van der Waals surface area (Å²) in [5, 5.41) is 8.66. The summed E-state index contributed by atoms with van der Waals surface area (Å²) in [5.41, 5.74) is 0. The number of halogens is 3. The molecule has 0 radical (unpaired) electrons. The van der Waals surface area contributed by atoms with Gasteiger partial charge in [0, 0.05) is 13.2 Å². The number of alkyl halides is 3. The Morgan fingerprint density at radius 2 is 2.20 bits per heavy atom. The molecule has 11 heteroatoms. The van der Waals surface area contributed by atoms with Crippen LogP contribution in [-0.4, -0.2) is 46.3 Å². The first-order valence-corrected chi connectivity index (χ1v) is 6.43. The maximum absolute atomic E-state index is 12.4. The highest BCUT2D eigenvalue weighted by Crippen LogP contribution is 2.28. The normalized spacial score (nSPS) is 13.2. The maximum Gasteiger partial charge on any atom is 0.453 e. The zero-order valence-corrected chi connectivity index (χ0v) is 11.6. The lowest BCUT2D eigenvalue weighted by atomic mass is 10.3. The third-order valence-electron chi connectivity index (χ3n) is 2.07. The van der Waals surface area contributed by atoms with Crippen molar-refractivity contribution < 1.29 is 22.7 Å². The second kappa shape index (κ2) is 6.79. The standard InChI is InChI=1S/C9H14F3N5O2S/c1-5(3-19-2)14-6(18)4-20-8-16-15-7(17(8)13)9(10,11)12/h5H,3-4,13H2,1-2H3,(H,14,18). The van der Waals surface area contributed by atoms with E-state index in [9.17, 15) is 18.0 Å². The van der Waals surface area contributed by atoms with E-state index in [4.69, 9.17) is 10.6 Å². The van der Waals surface area contributed by atoms with Crippen LogP contribution in [0.15, 0.2) is 5.16 Å². The number of amides is 1. The fourth-order valence-electron chi connectivity index (χ4n) is 1.31. The van der Waals surface area contributed by atoms with Gasteiger partial charge >= 0.3 is 6.18 Å². The largest absolute Gasteiger partial charge is 0.453 e. The SMILES string of the molecule is COCC(C)NC(=O)CSc1nnc(C(F)(F)F)n1N. The van der Waals surface area contributed by atoms with Gasteiger partial charge in [0.1, 0.15) is 0 Å². The Morgan fingerprint density at radius 1 is 1.55 bits per heavy atom. The van der Waals surface area contributed by atoms with Crippen LogP contribution in [0.1, 0.15) is 12.7 Å². The average molecular weight is 313 g/mol. The van der Waals surface area contributed by atoms with Crippen molar-refractivity contribution in [3.05, 3.63) is 5.82 Å². The molecule has 1 rings (SSSR count). The number of carbonyl (C=O) groups excluding carboxylic acids is 1. The van der Waals surface area contributed by atoms with Gasteiger partial charge in [0.05, 0.1) is 12.4 Å². The highest BCUT2D eigenvalue weighted by Gasteiger charge is 2.38. The van der Waals surface area contributed by atoms with Gasteiger partial charge in [0.25, 0.3) is 5.82 Å². The molecule has 3 N–H and O–H groups in total. The number of rotatable bonds is 6. The summed E-state index contributed by atoms with van der Waals surface area (Å²) < 4.78 is 42.4. The lowest BCUT2D eigenvalue weighted by Crippen LogP contribution is -2.36. The fraction of sp³-hybridized carbons (Fsp3) is 0.667. The molecule has 1 amide bonds. The number of hydrogen-bond donors (Lipinski definition) is 2. The lowest BCUT2D eigenvalue weighted by molar-refractivity contribution is -0.146. The Balaban J connectivity index is 2.54. The Kier molecular flexibility index (Phi) is 5.62. The molecule has 1 aromatic rings. The van der Waals surface area contributed by atoms with E-state index in [-0.39, 0.29) is 22.9 Å². The van der Waals surface area contributed by atoms with Crippen LogP contribution in [-0.2, 0) is 15.7 Å². The maximum atomic E-state index is 12.4. The summed E-state index contributed by atoms with van der Waals surface area (Å²) in [7, 11) is 1.49. The molecule has 0 saturated heterocycles. The Labute approximate surface area is 117 Å². The molecule has 0 aliphatic heterocycles. The van der Waals surface area contributed by atoms with Crippen LogP contribution in [0.2, 0.25) is 0 Å². The highest BCUT2D eigenvalue weighted by atomic mass is 32.2. The minimum atomic E-state index is -4.68. The molecule has 20 heavy (non-hydrogen) atoms. The summed E-state index contributed by atoms with van der Waals surface area (Å²) in [6.45, 7) is 2.07. The summed E-state index contributed by atoms with van der Waals surface area (Å²) in [4.78, 5) is 11.5. The van der Waals surface area contributed by atoms with Crippen molar-refractivity contribution in [2.75, 3.05) is 25.3 Å². The van der Waals surface area contributed by atoms with Crippen LogP contribution in [0, 0.1) is 0 Å². The number of nitrogens with two attached hydrogens (primary N) is 1. The van der Waals surface area contributed by atoms with Crippen molar-refractivity contribution in [2.24, 2.45) is 0 Å². The van der Waals surface area contributed by atoms with E-state index in [1.165, 1.54) is 7.11 Å². The first-order valence-electron chi connectivity index (χ1n) is 5.44. The molecule has 0 aliphatic rings. The Hall–Kier alpha value is -1.49. The minimum Gasteiger partial charge on any atom is -0.383 e. The van der Waals surface area contributed by atoms with E-state index in [2.05, 4.69) is 15.5 Å². The number of ether oxygens (including phenoxy) is 1. The van der Waals surface area contributed by atoms with Crippen molar-refractivity contribution >= 4 is 17.7 Å². The number of aromatic nitrogens is 3. The molecule has 114 valence electrons. The van der Waals surface area contributed by atoms with E-state index >= 15 is 0 Å². The first kappa shape index (κ1) is 16.6. The number of nitrogens with one attached hydrogen (secondary N) is 1. The quantitative estimate of drug-likeness (QED) is 0.577. The molecule has 0 bridgehead atoms. The predicted octanol–water partition coefficient (Wildman–Crippen LogP) is 0.254. The zero-order chi connectivity index (χ0) is 15.3. The van der Waals surface area contributed by atoms with Crippen LogP contribution in [0.3, 0.4) is 0 Å². The summed E-state index contributed by atoms with van der Waals surface area (Å²) >= 11 is 0.764. The van der Waals surface area contributed by atoms with Crippen molar-refractivity contribution in [1.29, 1.82) is 0 Å². The average Bonchev–Trinajstić information content (AvgIpc) is 2.68. The molecule has 1 aromatic heterocycles. The van der Waals surface area contributed by atoms with Crippen LogP contribution >= 0.6 is 11.8 Å². The molecule has 1 unspecified atom stereocenters. The predicted molar refractivity (Wildman–Crippen MR) is 65.4 cm³/mol. The number of carbonyl (C=O) groups is 1. The number of nitrogens with zero attached hydrogens (tertiary/aromatic N) is 3. The third-order valence-corrected chi connectivity index (χ3v) is 3.02. The third kappa shape index (κ3) is 4.56. The van der Waals surface area contributed by atoms with Crippen LogP contribution in [0.25, 0.3) is 0 Å². The van der Waals surface area contributed by atoms with Gasteiger partial charge in [-0.15, -0.1) is 10.2 Å². The summed E-state index contributed by atoms with van der Waals surface area (Å²) in [5.74, 6) is 3.42.